The summed E-state index contributed by atoms with van der Waals surface area (Å²) in [4.78, 5) is 6.23. The maximum Gasteiger partial charge on any atom is 0.111 e. The van der Waals surface area contributed by atoms with E-state index in [0.29, 0.717) is 6.04 Å². The van der Waals surface area contributed by atoms with Crippen LogP contribution in [0.25, 0.3) is 11.0 Å². The van der Waals surface area contributed by atoms with Gasteiger partial charge in [0, 0.05) is 24.4 Å². The monoisotopic (exact) mass is 299 g/mol. The third-order valence-electron chi connectivity index (χ3n) is 4.09. The molecule has 0 saturated carbocycles. The summed E-state index contributed by atoms with van der Waals surface area (Å²) < 4.78 is 2.21. The molecule has 0 fully saturated rings. The first-order valence-electron chi connectivity index (χ1n) is 7.38. The number of aryl methyl sites for hydroxylation is 2. The SMILES string of the molecule is CCc1ccsc1C(Cc1nc2ccccc2n1C)NC. The van der Waals surface area contributed by atoms with Gasteiger partial charge in [-0.2, -0.15) is 0 Å². The minimum Gasteiger partial charge on any atom is -0.331 e. The van der Waals surface area contributed by atoms with Crippen LogP contribution in [0.1, 0.15) is 29.2 Å². The molecular formula is C17H21N3S. The number of hydrogen-bond acceptors (Lipinski definition) is 3. The number of benzene rings is 1. The zero-order valence-corrected chi connectivity index (χ0v) is 13.6. The van der Waals surface area contributed by atoms with Crippen LogP contribution in [-0.4, -0.2) is 16.6 Å². The van der Waals surface area contributed by atoms with Crippen molar-refractivity contribution in [2.24, 2.45) is 7.05 Å². The minimum absolute atomic E-state index is 0.329. The number of likely N-dealkylation sites (N-methyl/N-ethyl adjacent to an activating group) is 1. The predicted molar refractivity (Wildman–Crippen MR) is 89.9 cm³/mol. The van der Waals surface area contributed by atoms with Gasteiger partial charge in [-0.15, -0.1) is 11.3 Å². The molecule has 21 heavy (non-hydrogen) atoms. The van der Waals surface area contributed by atoms with Crippen LogP contribution in [0.15, 0.2) is 35.7 Å². The molecule has 1 unspecified atom stereocenters. The topological polar surface area (TPSA) is 29.9 Å². The zero-order chi connectivity index (χ0) is 14.8. The van der Waals surface area contributed by atoms with Gasteiger partial charge in [-0.1, -0.05) is 19.1 Å². The summed E-state index contributed by atoms with van der Waals surface area (Å²) in [6.07, 6.45) is 1.99. The van der Waals surface area contributed by atoms with E-state index in [2.05, 4.69) is 53.5 Å². The quantitative estimate of drug-likeness (QED) is 0.778. The Kier molecular flexibility index (Phi) is 4.08. The molecule has 2 heterocycles. The number of nitrogens with one attached hydrogen (secondary N) is 1. The number of fused-ring (bicyclic) bond motifs is 1. The molecule has 0 aliphatic heterocycles. The second-order valence-corrected chi connectivity index (χ2v) is 6.23. The number of nitrogens with zero attached hydrogens (tertiary/aromatic N) is 2. The Morgan fingerprint density at radius 2 is 2.10 bits per heavy atom. The second-order valence-electron chi connectivity index (χ2n) is 5.28. The summed E-state index contributed by atoms with van der Waals surface area (Å²) in [5, 5.41) is 5.64. The lowest BCUT2D eigenvalue weighted by Gasteiger charge is -2.16. The molecule has 3 aromatic rings. The highest BCUT2D eigenvalue weighted by atomic mass is 32.1. The van der Waals surface area contributed by atoms with E-state index in [9.17, 15) is 0 Å². The van der Waals surface area contributed by atoms with Gasteiger partial charge in [-0.25, -0.2) is 4.98 Å². The molecule has 0 bridgehead atoms. The van der Waals surface area contributed by atoms with Crippen molar-refractivity contribution >= 4 is 22.4 Å². The molecule has 110 valence electrons. The van der Waals surface area contributed by atoms with Gasteiger partial charge in [0.2, 0.25) is 0 Å². The minimum atomic E-state index is 0.329. The standard InChI is InChI=1S/C17H21N3S/c1-4-12-9-10-21-17(12)14(18-2)11-16-19-13-7-5-6-8-15(13)20(16)3/h5-10,14,18H,4,11H2,1-3H3. The van der Waals surface area contributed by atoms with Gasteiger partial charge in [-0.05, 0) is 42.6 Å². The Morgan fingerprint density at radius 1 is 1.29 bits per heavy atom. The maximum absolute atomic E-state index is 4.79. The predicted octanol–water partition coefficient (Wildman–Crippen LogP) is 3.70. The first-order chi connectivity index (χ1) is 10.2. The normalized spacial score (nSPS) is 12.9. The van der Waals surface area contributed by atoms with Crippen molar-refractivity contribution in [1.29, 1.82) is 0 Å². The van der Waals surface area contributed by atoms with Crippen molar-refractivity contribution in [1.82, 2.24) is 14.9 Å². The van der Waals surface area contributed by atoms with Crippen molar-refractivity contribution in [3.63, 3.8) is 0 Å². The van der Waals surface area contributed by atoms with Gasteiger partial charge < -0.3 is 9.88 Å². The Labute approximate surface area is 129 Å². The van der Waals surface area contributed by atoms with Crippen molar-refractivity contribution < 1.29 is 0 Å². The summed E-state index contributed by atoms with van der Waals surface area (Å²) in [5.41, 5.74) is 3.72. The van der Waals surface area contributed by atoms with Gasteiger partial charge in [0.15, 0.2) is 0 Å². The van der Waals surface area contributed by atoms with Crippen LogP contribution in [0.3, 0.4) is 0 Å². The number of rotatable bonds is 5. The Balaban J connectivity index is 1.94. The highest BCUT2D eigenvalue weighted by Crippen LogP contribution is 2.28. The molecule has 0 amide bonds. The molecule has 0 spiro atoms. The molecule has 2 aromatic heterocycles. The van der Waals surface area contributed by atoms with E-state index >= 15 is 0 Å². The van der Waals surface area contributed by atoms with E-state index in [1.807, 2.05) is 24.5 Å². The molecule has 4 heteroatoms. The first-order valence-corrected chi connectivity index (χ1v) is 8.26. The van der Waals surface area contributed by atoms with Crippen molar-refractivity contribution in [2.45, 2.75) is 25.8 Å². The fourth-order valence-electron chi connectivity index (χ4n) is 2.83. The Bertz CT molecular complexity index is 741. The lowest BCUT2D eigenvalue weighted by molar-refractivity contribution is 0.571. The highest BCUT2D eigenvalue weighted by Gasteiger charge is 2.18. The van der Waals surface area contributed by atoms with Crippen LogP contribution in [0.2, 0.25) is 0 Å². The fourth-order valence-corrected chi connectivity index (χ4v) is 3.94. The van der Waals surface area contributed by atoms with E-state index in [0.717, 1.165) is 24.2 Å². The molecule has 3 rings (SSSR count). The average molecular weight is 299 g/mol. The molecule has 1 N–H and O–H groups in total. The summed E-state index contributed by atoms with van der Waals surface area (Å²) >= 11 is 1.84. The smallest absolute Gasteiger partial charge is 0.111 e. The zero-order valence-electron chi connectivity index (χ0n) is 12.8. The van der Waals surface area contributed by atoms with Crippen LogP contribution in [0.5, 0.6) is 0 Å². The number of aromatic nitrogens is 2. The van der Waals surface area contributed by atoms with E-state index in [1.165, 1.54) is 16.0 Å². The number of imidazole rings is 1. The largest absolute Gasteiger partial charge is 0.331 e. The van der Waals surface area contributed by atoms with Crippen LogP contribution in [0.4, 0.5) is 0 Å². The van der Waals surface area contributed by atoms with Crippen LogP contribution in [-0.2, 0) is 19.9 Å². The third-order valence-corrected chi connectivity index (χ3v) is 5.17. The van der Waals surface area contributed by atoms with Gasteiger partial charge in [0.25, 0.3) is 0 Å². The second kappa shape index (κ2) is 6.00. The van der Waals surface area contributed by atoms with Gasteiger partial charge in [0.1, 0.15) is 5.82 Å². The number of hydrogen-bond donors (Lipinski definition) is 1. The summed E-state index contributed by atoms with van der Waals surface area (Å²) in [6, 6.07) is 10.9. The van der Waals surface area contributed by atoms with Crippen LogP contribution in [0, 0.1) is 0 Å². The maximum atomic E-state index is 4.79. The van der Waals surface area contributed by atoms with Crippen LogP contribution < -0.4 is 5.32 Å². The summed E-state index contributed by atoms with van der Waals surface area (Å²) in [5.74, 6) is 1.13. The van der Waals surface area contributed by atoms with E-state index in [4.69, 9.17) is 4.98 Å². The van der Waals surface area contributed by atoms with Crippen LogP contribution >= 0.6 is 11.3 Å². The van der Waals surface area contributed by atoms with Crippen molar-refractivity contribution in [2.75, 3.05) is 7.05 Å². The summed E-state index contributed by atoms with van der Waals surface area (Å²) in [7, 11) is 4.14. The molecule has 0 aliphatic rings. The number of thiophene rings is 1. The van der Waals surface area contributed by atoms with Crippen molar-refractivity contribution in [3.8, 4) is 0 Å². The fraction of sp³-hybridized carbons (Fsp3) is 0.353. The highest BCUT2D eigenvalue weighted by molar-refractivity contribution is 7.10. The lowest BCUT2D eigenvalue weighted by Crippen LogP contribution is -2.20. The molecular weight excluding hydrogens is 278 g/mol. The molecule has 1 aromatic carbocycles. The molecule has 3 nitrogen and oxygen atoms in total. The van der Waals surface area contributed by atoms with Crippen molar-refractivity contribution in [3.05, 3.63) is 52.0 Å². The average Bonchev–Trinajstić information content (AvgIpc) is 3.10. The van der Waals surface area contributed by atoms with E-state index < -0.39 is 0 Å². The third kappa shape index (κ3) is 2.61. The van der Waals surface area contributed by atoms with Gasteiger partial charge in [0.05, 0.1) is 11.0 Å². The Morgan fingerprint density at radius 3 is 2.81 bits per heavy atom. The molecule has 0 saturated heterocycles. The van der Waals surface area contributed by atoms with E-state index in [-0.39, 0.29) is 0 Å². The lowest BCUT2D eigenvalue weighted by atomic mass is 10.1. The van der Waals surface area contributed by atoms with E-state index in [1.54, 1.807) is 0 Å². The summed E-state index contributed by atoms with van der Waals surface area (Å²) in [6.45, 7) is 2.22. The molecule has 1 atom stereocenters. The molecule has 0 radical (unpaired) electrons. The Hall–Kier alpha value is -1.65. The van der Waals surface area contributed by atoms with Gasteiger partial charge >= 0.3 is 0 Å². The van der Waals surface area contributed by atoms with Gasteiger partial charge in [-0.3, -0.25) is 0 Å². The number of para-hydroxylation sites is 2. The molecule has 0 aliphatic carbocycles. The first kappa shape index (κ1) is 14.3.